The molecule has 0 aliphatic heterocycles. The van der Waals surface area contributed by atoms with Crippen LogP contribution in [0.4, 0.5) is 0 Å². The van der Waals surface area contributed by atoms with Crippen LogP contribution < -0.4 is 0 Å². The molecule has 0 N–H and O–H groups in total. The first kappa shape index (κ1) is 26.9. The summed E-state index contributed by atoms with van der Waals surface area (Å²) in [4.78, 5) is 0. The van der Waals surface area contributed by atoms with Crippen molar-refractivity contribution in [1.82, 2.24) is 0 Å². The van der Waals surface area contributed by atoms with Gasteiger partial charge in [0.2, 0.25) is 0 Å². The fourth-order valence-electron chi connectivity index (χ4n) is 3.96. The summed E-state index contributed by atoms with van der Waals surface area (Å²) in [6, 6.07) is 43.0. The largest absolute Gasteiger partial charge is 0.112 e. The monoisotopic (exact) mass is 568 g/mol. The van der Waals surface area contributed by atoms with Gasteiger partial charge in [-0.15, -0.1) is 22.8 Å². The van der Waals surface area contributed by atoms with Crippen molar-refractivity contribution < 1.29 is 0 Å². The van der Waals surface area contributed by atoms with Crippen LogP contribution in [-0.4, -0.2) is 5.08 Å². The predicted molar refractivity (Wildman–Crippen MR) is 169 cm³/mol. The molecule has 0 saturated heterocycles. The second-order valence-corrected chi connectivity index (χ2v) is 25.9. The van der Waals surface area contributed by atoms with Gasteiger partial charge in [-0.05, 0) is 22.3 Å². The van der Waals surface area contributed by atoms with Gasteiger partial charge >= 0.3 is 0 Å². The zero-order chi connectivity index (χ0) is 24.4. The minimum absolute atomic E-state index is 0.966. The molecule has 0 amide bonds. The summed E-state index contributed by atoms with van der Waals surface area (Å²) in [7, 11) is 0. The van der Waals surface area contributed by atoms with E-state index in [1.54, 1.807) is 0 Å². The van der Waals surface area contributed by atoms with E-state index in [1.807, 2.05) is 22.8 Å². The molecule has 4 aromatic carbocycles. The quantitative estimate of drug-likeness (QED) is 0.123. The Kier molecular flexibility index (Phi) is 10.3. The summed E-state index contributed by atoms with van der Waals surface area (Å²) < 4.78 is 0. The zero-order valence-electron chi connectivity index (χ0n) is 19.6. The van der Waals surface area contributed by atoms with Gasteiger partial charge in [-0.25, -0.2) is 0 Å². The maximum atomic E-state index is 6.45. The Morgan fingerprint density at radius 2 is 0.629 bits per heavy atom. The van der Waals surface area contributed by atoms with Crippen LogP contribution in [0.1, 0.15) is 22.3 Å². The standard InChI is InChI=1S/C29H30P2S4/c32-30(21-26-13-5-1-6-14-26,22-27-15-7-2-8-16-27)34-25-35-31(33,23-28-17-9-3-10-18-28)24-29-19-11-4-12-20-29/h1-20H,21-25H2. The van der Waals surface area contributed by atoms with Crippen molar-refractivity contribution in [2.75, 3.05) is 5.08 Å². The Balaban J connectivity index is 1.51. The molecule has 0 radical (unpaired) electrons. The highest BCUT2D eigenvalue weighted by atomic mass is 32.9. The first-order valence-corrected chi connectivity index (χ1v) is 21.2. The van der Waals surface area contributed by atoms with Crippen molar-refractivity contribution >= 4 is 56.9 Å². The van der Waals surface area contributed by atoms with Gasteiger partial charge in [0.1, 0.15) is 0 Å². The maximum absolute atomic E-state index is 6.45. The van der Waals surface area contributed by atoms with E-state index in [-0.39, 0.29) is 0 Å². The fourth-order valence-corrected chi connectivity index (χ4v) is 21.5. The summed E-state index contributed by atoms with van der Waals surface area (Å²) in [6.45, 7) is 0. The molecule has 0 saturated carbocycles. The summed E-state index contributed by atoms with van der Waals surface area (Å²) in [5.41, 5.74) is 5.38. The van der Waals surface area contributed by atoms with Crippen molar-refractivity contribution in [3.63, 3.8) is 0 Å². The molecule has 0 bridgehead atoms. The van der Waals surface area contributed by atoms with Crippen LogP contribution in [0.5, 0.6) is 0 Å². The van der Waals surface area contributed by atoms with Crippen LogP contribution in [0, 0.1) is 0 Å². The highest BCUT2D eigenvalue weighted by Gasteiger charge is 2.24. The average molecular weight is 569 g/mol. The zero-order valence-corrected chi connectivity index (χ0v) is 24.7. The third-order valence-electron chi connectivity index (χ3n) is 5.64. The summed E-state index contributed by atoms with van der Waals surface area (Å²) >= 11 is 16.9. The van der Waals surface area contributed by atoms with Crippen LogP contribution in [-0.2, 0) is 48.3 Å². The lowest BCUT2D eigenvalue weighted by Crippen LogP contribution is -1.93. The van der Waals surface area contributed by atoms with E-state index < -0.39 is 10.5 Å². The predicted octanol–water partition coefficient (Wildman–Crippen LogP) is 10.0. The van der Waals surface area contributed by atoms with E-state index in [9.17, 15) is 0 Å². The Labute approximate surface area is 228 Å². The van der Waals surface area contributed by atoms with Gasteiger partial charge in [-0.1, -0.05) is 145 Å². The van der Waals surface area contributed by atoms with E-state index in [0.29, 0.717) is 0 Å². The molecule has 0 heterocycles. The molecule has 0 aliphatic carbocycles. The van der Waals surface area contributed by atoms with E-state index in [4.69, 9.17) is 23.6 Å². The molecule has 35 heavy (non-hydrogen) atoms. The van der Waals surface area contributed by atoms with Gasteiger partial charge in [0, 0.05) is 40.2 Å². The number of hydrogen-bond donors (Lipinski definition) is 0. The second-order valence-electron chi connectivity index (χ2n) is 8.58. The highest BCUT2D eigenvalue weighted by molar-refractivity contribution is 8.78. The topological polar surface area (TPSA) is 0 Å². The van der Waals surface area contributed by atoms with Gasteiger partial charge in [-0.2, -0.15) is 0 Å². The van der Waals surface area contributed by atoms with Crippen LogP contribution >= 0.6 is 33.2 Å². The molecular formula is C29H30P2S4. The first-order valence-electron chi connectivity index (χ1n) is 11.6. The minimum atomic E-state index is -1.71. The Morgan fingerprint density at radius 3 is 0.857 bits per heavy atom. The molecule has 0 unspecified atom stereocenters. The minimum Gasteiger partial charge on any atom is -0.112 e. The smallest absolute Gasteiger partial charge is 0.0491 e. The third kappa shape index (κ3) is 9.04. The molecule has 4 aromatic rings. The molecule has 0 nitrogen and oxygen atoms in total. The molecule has 0 atom stereocenters. The molecule has 0 aromatic heterocycles. The van der Waals surface area contributed by atoms with E-state index >= 15 is 0 Å². The first-order chi connectivity index (χ1) is 17.0. The molecule has 0 fully saturated rings. The lowest BCUT2D eigenvalue weighted by atomic mass is 10.2. The normalized spacial score (nSPS) is 11.9. The van der Waals surface area contributed by atoms with Gasteiger partial charge in [-0.3, -0.25) is 0 Å². The van der Waals surface area contributed by atoms with Crippen molar-refractivity contribution in [2.45, 2.75) is 24.6 Å². The van der Waals surface area contributed by atoms with Crippen LogP contribution in [0.3, 0.4) is 0 Å². The third-order valence-corrected chi connectivity index (χ3v) is 20.5. The van der Waals surface area contributed by atoms with Crippen molar-refractivity contribution in [3.05, 3.63) is 144 Å². The maximum Gasteiger partial charge on any atom is 0.0491 e. The van der Waals surface area contributed by atoms with Gasteiger partial charge in [0.05, 0.1) is 0 Å². The molecule has 0 spiro atoms. The Bertz CT molecular complexity index is 1070. The Hall–Kier alpha value is -1.12. The van der Waals surface area contributed by atoms with Crippen LogP contribution in [0.25, 0.3) is 0 Å². The molecular weight excluding hydrogens is 539 g/mol. The van der Waals surface area contributed by atoms with Gasteiger partial charge < -0.3 is 0 Å². The number of rotatable bonds is 12. The fraction of sp³-hybridized carbons (Fsp3) is 0.172. The molecule has 180 valence electrons. The van der Waals surface area contributed by atoms with Gasteiger partial charge in [0.25, 0.3) is 0 Å². The lowest BCUT2D eigenvalue weighted by molar-refractivity contribution is 1.34. The SMILES string of the molecule is S=P(Cc1ccccc1)(Cc1ccccc1)SCSP(=S)(Cc1ccccc1)Cc1ccccc1. The number of hydrogen-bond acceptors (Lipinski definition) is 4. The number of benzene rings is 4. The van der Waals surface area contributed by atoms with E-state index in [2.05, 4.69) is 121 Å². The average Bonchev–Trinajstić information content (AvgIpc) is 2.86. The van der Waals surface area contributed by atoms with Crippen molar-refractivity contribution in [1.29, 1.82) is 0 Å². The Morgan fingerprint density at radius 1 is 0.400 bits per heavy atom. The molecule has 0 aliphatic rings. The molecule has 4 rings (SSSR count). The van der Waals surface area contributed by atoms with E-state index in [0.717, 1.165) is 29.7 Å². The molecule has 6 heteroatoms. The van der Waals surface area contributed by atoms with E-state index in [1.165, 1.54) is 22.3 Å². The van der Waals surface area contributed by atoms with Crippen molar-refractivity contribution in [3.8, 4) is 0 Å². The van der Waals surface area contributed by atoms with Crippen molar-refractivity contribution in [2.24, 2.45) is 0 Å². The lowest BCUT2D eigenvalue weighted by Gasteiger charge is -2.26. The van der Waals surface area contributed by atoms with Gasteiger partial charge in [0.15, 0.2) is 0 Å². The highest BCUT2D eigenvalue weighted by Crippen LogP contribution is 2.70. The van der Waals surface area contributed by atoms with Crippen LogP contribution in [0.2, 0.25) is 0 Å². The van der Waals surface area contributed by atoms with Crippen LogP contribution in [0.15, 0.2) is 121 Å². The second kappa shape index (κ2) is 13.4. The summed E-state index contributed by atoms with van der Waals surface area (Å²) in [5, 5.41) is -2.46. The summed E-state index contributed by atoms with van der Waals surface area (Å²) in [5.74, 6) is 0. The summed E-state index contributed by atoms with van der Waals surface area (Å²) in [6.07, 6.45) is 3.90.